The van der Waals surface area contributed by atoms with Crippen LogP contribution >= 0.6 is 23.2 Å². The quantitative estimate of drug-likeness (QED) is 0.307. The van der Waals surface area contributed by atoms with Crippen molar-refractivity contribution in [2.75, 3.05) is 6.54 Å². The SMILES string of the molecule is CCCC(c1ccc(C(=O)NCC(O)C(=O)O)cc1)N1C(=O)C(c2cc(Cl)cc(Cl)c2)=NC12CCC(C(C)(C)C)CC2. The van der Waals surface area contributed by atoms with Crippen LogP contribution in [0.15, 0.2) is 47.5 Å². The van der Waals surface area contributed by atoms with Crippen LogP contribution in [0.5, 0.6) is 0 Å². The maximum atomic E-state index is 14.3. The van der Waals surface area contributed by atoms with E-state index < -0.39 is 30.2 Å². The van der Waals surface area contributed by atoms with Crippen molar-refractivity contribution < 1.29 is 24.6 Å². The molecule has 2 aromatic carbocycles. The molecule has 8 nitrogen and oxygen atoms in total. The van der Waals surface area contributed by atoms with E-state index in [2.05, 4.69) is 33.0 Å². The third kappa shape index (κ3) is 6.82. The molecule has 1 heterocycles. The first-order valence-electron chi connectivity index (χ1n) is 14.4. The monoisotopic (exact) mass is 615 g/mol. The van der Waals surface area contributed by atoms with Crippen LogP contribution in [0, 0.1) is 11.3 Å². The van der Waals surface area contributed by atoms with Crippen molar-refractivity contribution in [3.05, 3.63) is 69.2 Å². The average molecular weight is 617 g/mol. The summed E-state index contributed by atoms with van der Waals surface area (Å²) in [6.07, 6.45) is 3.21. The number of aliphatic imine (C=N–C) groups is 1. The lowest BCUT2D eigenvalue weighted by molar-refractivity contribution is -0.146. The number of hydrogen-bond donors (Lipinski definition) is 3. The molecule has 1 spiro atoms. The van der Waals surface area contributed by atoms with Gasteiger partial charge < -0.3 is 20.4 Å². The highest BCUT2D eigenvalue weighted by atomic mass is 35.5. The van der Waals surface area contributed by atoms with Crippen LogP contribution in [0.25, 0.3) is 0 Å². The van der Waals surface area contributed by atoms with Gasteiger partial charge in [0, 0.05) is 21.2 Å². The zero-order chi connectivity index (χ0) is 30.8. The van der Waals surface area contributed by atoms with Gasteiger partial charge in [-0.3, -0.25) is 14.6 Å². The highest BCUT2D eigenvalue weighted by Crippen LogP contribution is 2.50. The van der Waals surface area contributed by atoms with Crippen LogP contribution in [0.1, 0.15) is 93.7 Å². The van der Waals surface area contributed by atoms with E-state index in [0.29, 0.717) is 39.2 Å². The van der Waals surface area contributed by atoms with Crippen LogP contribution in [-0.2, 0) is 9.59 Å². The van der Waals surface area contributed by atoms with E-state index >= 15 is 0 Å². The molecule has 0 radical (unpaired) electrons. The summed E-state index contributed by atoms with van der Waals surface area (Å²) >= 11 is 12.6. The fraction of sp³-hybridized carbons (Fsp3) is 0.500. The number of amides is 2. The third-order valence-corrected chi connectivity index (χ3v) is 8.95. The van der Waals surface area contributed by atoms with Crippen molar-refractivity contribution in [1.82, 2.24) is 10.2 Å². The maximum Gasteiger partial charge on any atom is 0.334 e. The number of halogens is 2. The Labute approximate surface area is 257 Å². The number of aliphatic hydroxyl groups excluding tert-OH is 1. The molecule has 3 N–H and O–H groups in total. The molecule has 226 valence electrons. The number of nitrogens with one attached hydrogen (secondary N) is 1. The minimum atomic E-state index is -1.68. The summed E-state index contributed by atoms with van der Waals surface area (Å²) in [5, 5.41) is 21.7. The predicted octanol–water partition coefficient (Wildman–Crippen LogP) is 6.27. The van der Waals surface area contributed by atoms with Gasteiger partial charge in [0.1, 0.15) is 11.4 Å². The lowest BCUT2D eigenvalue weighted by Crippen LogP contribution is -2.51. The number of carbonyl (C=O) groups is 3. The van der Waals surface area contributed by atoms with Crippen molar-refractivity contribution in [2.24, 2.45) is 16.3 Å². The molecule has 10 heteroatoms. The zero-order valence-electron chi connectivity index (χ0n) is 24.5. The number of aliphatic carboxylic acids is 1. The maximum absolute atomic E-state index is 14.3. The molecule has 2 amide bonds. The Kier molecular flexibility index (Phi) is 9.70. The molecule has 4 rings (SSSR count). The minimum Gasteiger partial charge on any atom is -0.479 e. The number of nitrogens with zero attached hydrogens (tertiary/aromatic N) is 2. The van der Waals surface area contributed by atoms with Crippen LogP contribution in [0.4, 0.5) is 0 Å². The number of hydrogen-bond acceptors (Lipinski definition) is 5. The first-order valence-corrected chi connectivity index (χ1v) is 15.2. The van der Waals surface area contributed by atoms with E-state index in [4.69, 9.17) is 33.3 Å². The molecule has 1 aliphatic heterocycles. The number of rotatable bonds is 9. The summed E-state index contributed by atoms with van der Waals surface area (Å²) in [4.78, 5) is 44.9. The van der Waals surface area contributed by atoms with Gasteiger partial charge >= 0.3 is 5.97 Å². The second kappa shape index (κ2) is 12.7. The Morgan fingerprint density at radius 1 is 1.10 bits per heavy atom. The lowest BCUT2D eigenvalue weighted by Gasteiger charge is -2.47. The molecule has 0 aromatic heterocycles. The Hall–Kier alpha value is -2.94. The molecule has 42 heavy (non-hydrogen) atoms. The summed E-state index contributed by atoms with van der Waals surface area (Å²) < 4.78 is 0. The zero-order valence-corrected chi connectivity index (χ0v) is 26.0. The highest BCUT2D eigenvalue weighted by Gasteiger charge is 2.52. The van der Waals surface area contributed by atoms with Gasteiger partial charge in [0.2, 0.25) is 0 Å². The van der Waals surface area contributed by atoms with Gasteiger partial charge in [0.25, 0.3) is 11.8 Å². The predicted molar refractivity (Wildman–Crippen MR) is 164 cm³/mol. The number of carboxylic acid groups (broad SMARTS) is 1. The summed E-state index contributed by atoms with van der Waals surface area (Å²) in [7, 11) is 0. The first kappa shape index (κ1) is 32.0. The molecule has 0 bridgehead atoms. The van der Waals surface area contributed by atoms with Gasteiger partial charge in [-0.15, -0.1) is 0 Å². The van der Waals surface area contributed by atoms with Crippen molar-refractivity contribution in [3.8, 4) is 0 Å². The fourth-order valence-electron chi connectivity index (χ4n) is 6.18. The summed E-state index contributed by atoms with van der Waals surface area (Å²) in [6, 6.07) is 11.8. The number of carbonyl (C=O) groups excluding carboxylic acids is 2. The third-order valence-electron chi connectivity index (χ3n) is 8.51. The topological polar surface area (TPSA) is 119 Å². The van der Waals surface area contributed by atoms with Crippen LogP contribution < -0.4 is 5.32 Å². The van der Waals surface area contributed by atoms with Gasteiger partial charge in [-0.1, -0.05) is 69.5 Å². The first-order chi connectivity index (χ1) is 19.8. The van der Waals surface area contributed by atoms with Crippen LogP contribution in [0.2, 0.25) is 10.0 Å². The average Bonchev–Trinajstić information content (AvgIpc) is 3.20. The number of benzene rings is 2. The Morgan fingerprint density at radius 3 is 2.21 bits per heavy atom. The van der Waals surface area contributed by atoms with Gasteiger partial charge in [-0.2, -0.15) is 0 Å². The van der Waals surface area contributed by atoms with E-state index in [1.165, 1.54) is 0 Å². The highest BCUT2D eigenvalue weighted by molar-refractivity contribution is 6.47. The van der Waals surface area contributed by atoms with E-state index in [1.807, 2.05) is 17.0 Å². The molecule has 0 saturated heterocycles. The lowest BCUT2D eigenvalue weighted by atomic mass is 9.69. The number of aliphatic hydroxyl groups is 1. The van der Waals surface area contributed by atoms with Gasteiger partial charge in [0.15, 0.2) is 6.10 Å². The van der Waals surface area contributed by atoms with E-state index in [9.17, 15) is 19.5 Å². The summed E-state index contributed by atoms with van der Waals surface area (Å²) in [5.41, 5.74) is 1.62. The molecule has 2 aromatic rings. The Balaban J connectivity index is 1.68. The molecular weight excluding hydrogens is 577 g/mol. The van der Waals surface area contributed by atoms with E-state index in [-0.39, 0.29) is 17.4 Å². The minimum absolute atomic E-state index is 0.155. The second-order valence-electron chi connectivity index (χ2n) is 12.4. The van der Waals surface area contributed by atoms with Crippen molar-refractivity contribution >= 4 is 46.7 Å². The standard InChI is InChI=1S/C32H39Cl2N3O5/c1-5-6-25(19-7-9-20(10-8-19)28(39)35-18-26(38)30(41)42)37-29(40)27(21-15-23(33)17-24(34)16-21)36-32(37)13-11-22(12-14-32)31(2,3)4/h7-10,15-17,22,25-26,38H,5-6,11-14,18H2,1-4H3,(H,35,39)(H,41,42). The van der Waals surface area contributed by atoms with Crippen molar-refractivity contribution in [2.45, 2.75) is 84.0 Å². The Bertz CT molecular complexity index is 1340. The molecule has 2 unspecified atom stereocenters. The van der Waals surface area contributed by atoms with E-state index in [1.54, 1.807) is 30.3 Å². The summed E-state index contributed by atoms with van der Waals surface area (Å²) in [6.45, 7) is 8.45. The second-order valence-corrected chi connectivity index (χ2v) is 13.3. The summed E-state index contributed by atoms with van der Waals surface area (Å²) in [5.74, 6) is -1.55. The van der Waals surface area contributed by atoms with Crippen LogP contribution in [0.3, 0.4) is 0 Å². The molecular formula is C32H39Cl2N3O5. The van der Waals surface area contributed by atoms with Crippen molar-refractivity contribution in [3.63, 3.8) is 0 Å². The Morgan fingerprint density at radius 2 is 1.69 bits per heavy atom. The van der Waals surface area contributed by atoms with Crippen LogP contribution in [-0.4, -0.2) is 56.9 Å². The van der Waals surface area contributed by atoms with Crippen molar-refractivity contribution in [1.29, 1.82) is 0 Å². The molecule has 1 aliphatic carbocycles. The van der Waals surface area contributed by atoms with Gasteiger partial charge in [-0.05, 0) is 79.3 Å². The van der Waals surface area contributed by atoms with E-state index in [0.717, 1.165) is 37.7 Å². The smallest absolute Gasteiger partial charge is 0.334 e. The number of carboxylic acids is 1. The largest absolute Gasteiger partial charge is 0.479 e. The normalized spacial score (nSPS) is 22.2. The molecule has 2 atom stereocenters. The molecule has 1 fully saturated rings. The molecule has 1 saturated carbocycles. The van der Waals surface area contributed by atoms with Gasteiger partial charge in [0.05, 0.1) is 12.6 Å². The fourth-order valence-corrected chi connectivity index (χ4v) is 6.70. The van der Waals surface area contributed by atoms with Gasteiger partial charge in [-0.25, -0.2) is 4.79 Å². The molecule has 2 aliphatic rings.